The van der Waals surface area contributed by atoms with Crippen LogP contribution in [0, 0.1) is 0 Å². The van der Waals surface area contributed by atoms with Crippen LogP contribution in [0.1, 0.15) is 21.6 Å². The Balaban J connectivity index is 1.66. The molecule has 1 N–H and O–H groups in total. The lowest BCUT2D eigenvalue weighted by Crippen LogP contribution is -2.15. The van der Waals surface area contributed by atoms with Crippen LogP contribution in [0.3, 0.4) is 0 Å². The Bertz CT molecular complexity index is 1270. The van der Waals surface area contributed by atoms with Crippen LogP contribution >= 0.6 is 0 Å². The minimum absolute atomic E-state index is 0.295. The molecule has 31 heavy (non-hydrogen) atoms. The lowest BCUT2D eigenvalue weighted by Gasteiger charge is -2.12. The van der Waals surface area contributed by atoms with E-state index in [1.54, 1.807) is 32.5 Å². The molecule has 1 amide bonds. The molecule has 5 rings (SSSR count). The Morgan fingerprint density at radius 1 is 1.00 bits per heavy atom. The van der Waals surface area contributed by atoms with Gasteiger partial charge in [-0.05, 0) is 42.0 Å². The molecule has 0 unspecified atom stereocenters. The van der Waals surface area contributed by atoms with Crippen molar-refractivity contribution in [2.75, 3.05) is 19.5 Å². The number of hydrogen-bond donors (Lipinski definition) is 1. The summed E-state index contributed by atoms with van der Waals surface area (Å²) in [6, 6.07) is 19.0. The first-order valence-corrected chi connectivity index (χ1v) is 9.84. The number of carbonyl (C=O) groups excluding carboxylic acids is 1. The Hall–Kier alpha value is -4.13. The quantitative estimate of drug-likeness (QED) is 0.470. The molecule has 154 valence electrons. The van der Waals surface area contributed by atoms with Gasteiger partial charge in [0.25, 0.3) is 5.91 Å². The maximum atomic E-state index is 13.1. The van der Waals surface area contributed by atoms with Gasteiger partial charge in [0.2, 0.25) is 0 Å². The van der Waals surface area contributed by atoms with E-state index in [1.165, 1.54) is 0 Å². The lowest BCUT2D eigenvalue weighted by atomic mass is 10.1. The summed E-state index contributed by atoms with van der Waals surface area (Å²) < 4.78 is 12.8. The van der Waals surface area contributed by atoms with Crippen molar-refractivity contribution >= 4 is 11.7 Å². The SMILES string of the molecule is COc1cc2c(cc1OC)-c1c(c(C(=O)Nc3ccccn3)nn1-c1ccccc1)C2. The molecular weight excluding hydrogens is 392 g/mol. The fourth-order valence-corrected chi connectivity index (χ4v) is 3.92. The number of fused-ring (bicyclic) bond motifs is 3. The summed E-state index contributed by atoms with van der Waals surface area (Å²) in [5.41, 5.74) is 5.02. The number of aromatic nitrogens is 3. The van der Waals surface area contributed by atoms with Gasteiger partial charge in [-0.2, -0.15) is 5.10 Å². The highest BCUT2D eigenvalue weighted by Crippen LogP contribution is 2.44. The molecule has 0 saturated heterocycles. The molecule has 7 nitrogen and oxygen atoms in total. The van der Waals surface area contributed by atoms with Gasteiger partial charge in [-0.25, -0.2) is 9.67 Å². The van der Waals surface area contributed by atoms with Crippen LogP contribution in [-0.4, -0.2) is 34.9 Å². The minimum atomic E-state index is -0.295. The molecule has 1 aliphatic rings. The molecular formula is C24H20N4O3. The first-order chi connectivity index (χ1) is 15.2. The van der Waals surface area contributed by atoms with Crippen LogP contribution in [0.15, 0.2) is 66.9 Å². The predicted octanol–water partition coefficient (Wildman–Crippen LogP) is 4.11. The summed E-state index contributed by atoms with van der Waals surface area (Å²) in [7, 11) is 3.23. The van der Waals surface area contributed by atoms with E-state index in [0.29, 0.717) is 29.4 Å². The standard InChI is InChI=1S/C24H20N4O3/c1-30-19-13-15-12-18-22(24(29)26-21-10-6-7-11-25-21)27-28(16-8-4-3-5-9-16)23(18)17(15)14-20(19)31-2/h3-11,13-14H,12H2,1-2H3,(H,25,26,29). The van der Waals surface area contributed by atoms with Gasteiger partial charge in [0, 0.05) is 23.7 Å². The molecule has 0 saturated carbocycles. The summed E-state index contributed by atoms with van der Waals surface area (Å²) in [5.74, 6) is 1.48. The molecule has 0 bridgehead atoms. The number of ether oxygens (including phenoxy) is 2. The molecule has 0 spiro atoms. The largest absolute Gasteiger partial charge is 0.493 e. The number of pyridine rings is 1. The van der Waals surface area contributed by atoms with Crippen molar-refractivity contribution in [2.45, 2.75) is 6.42 Å². The third-order valence-electron chi connectivity index (χ3n) is 5.34. The maximum absolute atomic E-state index is 13.1. The smallest absolute Gasteiger partial charge is 0.277 e. The fraction of sp³-hybridized carbons (Fsp3) is 0.125. The van der Waals surface area contributed by atoms with Crippen molar-refractivity contribution in [3.05, 3.63) is 83.7 Å². The van der Waals surface area contributed by atoms with Crippen molar-refractivity contribution in [3.63, 3.8) is 0 Å². The molecule has 0 aliphatic heterocycles. The Labute approximate surface area is 179 Å². The van der Waals surface area contributed by atoms with Crippen LogP contribution in [0.5, 0.6) is 11.5 Å². The fourth-order valence-electron chi connectivity index (χ4n) is 3.92. The van der Waals surface area contributed by atoms with Gasteiger partial charge in [0.1, 0.15) is 5.82 Å². The van der Waals surface area contributed by atoms with Crippen LogP contribution in [0.25, 0.3) is 16.9 Å². The summed E-state index contributed by atoms with van der Waals surface area (Å²) in [5, 5.41) is 7.55. The van der Waals surface area contributed by atoms with Gasteiger partial charge < -0.3 is 14.8 Å². The van der Waals surface area contributed by atoms with Crippen LogP contribution in [0.4, 0.5) is 5.82 Å². The van der Waals surface area contributed by atoms with Crippen molar-refractivity contribution in [3.8, 4) is 28.4 Å². The van der Waals surface area contributed by atoms with E-state index in [0.717, 1.165) is 28.1 Å². The Kier molecular flexibility index (Phi) is 4.63. The van der Waals surface area contributed by atoms with E-state index >= 15 is 0 Å². The Morgan fingerprint density at radius 2 is 1.74 bits per heavy atom. The number of methoxy groups -OCH3 is 2. The highest BCUT2D eigenvalue weighted by Gasteiger charge is 2.32. The first kappa shape index (κ1) is 18.9. The number of hydrogen-bond acceptors (Lipinski definition) is 5. The van der Waals surface area contributed by atoms with Crippen LogP contribution in [0.2, 0.25) is 0 Å². The van der Waals surface area contributed by atoms with Gasteiger partial charge >= 0.3 is 0 Å². The number of nitrogens with one attached hydrogen (secondary N) is 1. The maximum Gasteiger partial charge on any atom is 0.277 e. The summed E-state index contributed by atoms with van der Waals surface area (Å²) >= 11 is 0. The number of para-hydroxylation sites is 1. The topological polar surface area (TPSA) is 78.3 Å². The Morgan fingerprint density at radius 3 is 2.45 bits per heavy atom. The van der Waals surface area contributed by atoms with Gasteiger partial charge in [-0.15, -0.1) is 0 Å². The van der Waals surface area contributed by atoms with E-state index in [-0.39, 0.29) is 5.91 Å². The second-order valence-corrected chi connectivity index (χ2v) is 7.13. The summed E-state index contributed by atoms with van der Waals surface area (Å²) in [4.78, 5) is 17.3. The highest BCUT2D eigenvalue weighted by atomic mass is 16.5. The average molecular weight is 412 g/mol. The van der Waals surface area contributed by atoms with Crippen molar-refractivity contribution in [1.29, 1.82) is 0 Å². The normalized spacial score (nSPS) is 11.5. The number of anilines is 1. The van der Waals surface area contributed by atoms with Crippen molar-refractivity contribution in [1.82, 2.24) is 14.8 Å². The molecule has 4 aromatic rings. The number of carbonyl (C=O) groups is 1. The summed E-state index contributed by atoms with van der Waals surface area (Å²) in [6.45, 7) is 0. The number of rotatable bonds is 5. The zero-order valence-corrected chi connectivity index (χ0v) is 17.1. The van der Waals surface area contributed by atoms with Gasteiger partial charge in [0.05, 0.1) is 25.6 Å². The molecule has 0 fully saturated rings. The van der Waals surface area contributed by atoms with Gasteiger partial charge in [0.15, 0.2) is 17.2 Å². The second-order valence-electron chi connectivity index (χ2n) is 7.13. The molecule has 7 heteroatoms. The molecule has 2 heterocycles. The van der Waals surface area contributed by atoms with Crippen molar-refractivity contribution < 1.29 is 14.3 Å². The minimum Gasteiger partial charge on any atom is -0.493 e. The van der Waals surface area contributed by atoms with E-state index in [9.17, 15) is 4.79 Å². The molecule has 0 radical (unpaired) electrons. The number of amides is 1. The molecule has 2 aromatic carbocycles. The third-order valence-corrected chi connectivity index (χ3v) is 5.34. The van der Waals surface area contributed by atoms with E-state index in [1.807, 2.05) is 53.2 Å². The van der Waals surface area contributed by atoms with E-state index in [2.05, 4.69) is 10.3 Å². The van der Waals surface area contributed by atoms with Crippen LogP contribution < -0.4 is 14.8 Å². The molecule has 2 aromatic heterocycles. The van der Waals surface area contributed by atoms with Crippen molar-refractivity contribution in [2.24, 2.45) is 0 Å². The van der Waals surface area contributed by atoms with Gasteiger partial charge in [-0.1, -0.05) is 24.3 Å². The zero-order valence-electron chi connectivity index (χ0n) is 17.1. The zero-order chi connectivity index (χ0) is 21.4. The van der Waals surface area contributed by atoms with E-state index in [4.69, 9.17) is 14.6 Å². The summed E-state index contributed by atoms with van der Waals surface area (Å²) in [6.07, 6.45) is 2.21. The number of nitrogens with zero attached hydrogens (tertiary/aromatic N) is 3. The average Bonchev–Trinajstić information content (AvgIpc) is 3.36. The van der Waals surface area contributed by atoms with Gasteiger partial charge in [-0.3, -0.25) is 4.79 Å². The monoisotopic (exact) mass is 412 g/mol. The highest BCUT2D eigenvalue weighted by molar-refractivity contribution is 6.05. The van der Waals surface area contributed by atoms with E-state index < -0.39 is 0 Å². The third kappa shape index (κ3) is 3.20. The first-order valence-electron chi connectivity index (χ1n) is 9.84. The second kappa shape index (κ2) is 7.60. The van der Waals surface area contributed by atoms with Crippen LogP contribution in [-0.2, 0) is 6.42 Å². The molecule has 1 aliphatic carbocycles. The number of benzene rings is 2. The lowest BCUT2D eigenvalue weighted by molar-refractivity contribution is 0.102. The molecule has 0 atom stereocenters. The predicted molar refractivity (Wildman–Crippen MR) is 117 cm³/mol.